The maximum atomic E-state index is 14.8. The van der Waals surface area contributed by atoms with Crippen molar-refractivity contribution in [1.82, 2.24) is 28.9 Å². The van der Waals surface area contributed by atoms with Crippen LogP contribution in [0.5, 0.6) is 0 Å². The second-order valence-corrected chi connectivity index (χ2v) is 14.1. The smallest absolute Gasteiger partial charge is 0.201 e. The van der Waals surface area contributed by atoms with Crippen LogP contribution in [0.1, 0.15) is 86.2 Å². The molecule has 244 valence electrons. The number of hydrogen-bond acceptors (Lipinski definition) is 7. The Hall–Kier alpha value is -3.31. The van der Waals surface area contributed by atoms with Gasteiger partial charge in [-0.3, -0.25) is 4.90 Å². The van der Waals surface area contributed by atoms with Crippen molar-refractivity contribution in [3.63, 3.8) is 0 Å². The topological polar surface area (TPSA) is 102 Å². The number of rotatable bonds is 18. The summed E-state index contributed by atoms with van der Waals surface area (Å²) in [5.41, 5.74) is 8.93. The van der Waals surface area contributed by atoms with E-state index in [4.69, 9.17) is 15.7 Å². The summed E-state index contributed by atoms with van der Waals surface area (Å²) in [7, 11) is -1.78. The van der Waals surface area contributed by atoms with E-state index < -0.39 is 15.2 Å². The number of nitrogens with two attached hydrogens (primary N) is 1. The Morgan fingerprint density at radius 1 is 0.822 bits per heavy atom. The largest absolute Gasteiger partial charge is 0.334 e. The van der Waals surface area contributed by atoms with E-state index in [0.29, 0.717) is 18.9 Å². The molecule has 2 aromatic carbocycles. The molecule has 2 unspecified atom stereocenters. The first-order chi connectivity index (χ1) is 21.7. The number of hydrogen-bond donors (Lipinski definition) is 1. The van der Waals surface area contributed by atoms with Crippen molar-refractivity contribution in [3.05, 3.63) is 102 Å². The van der Waals surface area contributed by atoms with Crippen LogP contribution in [0.15, 0.2) is 78.2 Å². The Morgan fingerprint density at radius 3 is 1.96 bits per heavy atom. The van der Waals surface area contributed by atoms with E-state index in [-0.39, 0.29) is 10.9 Å². The zero-order valence-corrected chi connectivity index (χ0v) is 28.5. The highest BCUT2D eigenvalue weighted by molar-refractivity contribution is 7.91. The van der Waals surface area contributed by atoms with E-state index in [1.807, 2.05) is 36.0 Å². The lowest BCUT2D eigenvalue weighted by Gasteiger charge is -2.36. The van der Waals surface area contributed by atoms with Gasteiger partial charge in [0.25, 0.3) is 0 Å². The van der Waals surface area contributed by atoms with Crippen LogP contribution >= 0.6 is 0 Å². The second-order valence-electron chi connectivity index (χ2n) is 12.1. The molecule has 2 heterocycles. The number of aromatic nitrogens is 4. The van der Waals surface area contributed by atoms with E-state index in [1.54, 1.807) is 24.5 Å². The van der Waals surface area contributed by atoms with Gasteiger partial charge in [-0.1, -0.05) is 55.8 Å². The summed E-state index contributed by atoms with van der Waals surface area (Å²) in [6.45, 7) is 12.7. The highest BCUT2D eigenvalue weighted by Crippen LogP contribution is 2.38. The monoisotopic (exact) mass is 633 g/mol. The third-order valence-corrected chi connectivity index (χ3v) is 10.3. The van der Waals surface area contributed by atoms with E-state index in [0.717, 1.165) is 68.8 Å². The van der Waals surface area contributed by atoms with Crippen LogP contribution in [-0.2, 0) is 36.0 Å². The van der Waals surface area contributed by atoms with Crippen LogP contribution in [0.2, 0.25) is 0 Å². The van der Waals surface area contributed by atoms with Crippen molar-refractivity contribution in [2.45, 2.75) is 95.9 Å². The van der Waals surface area contributed by atoms with E-state index >= 15 is 0 Å². The van der Waals surface area contributed by atoms with Gasteiger partial charge in [-0.2, -0.15) is 0 Å². The molecule has 2 N–H and O–H groups in total. The lowest BCUT2D eigenvalue weighted by Crippen LogP contribution is -2.38. The third kappa shape index (κ3) is 8.70. The van der Waals surface area contributed by atoms with Gasteiger partial charge in [0.15, 0.2) is 5.37 Å². The molecule has 0 spiro atoms. The molecule has 0 saturated carbocycles. The van der Waals surface area contributed by atoms with Crippen LogP contribution in [0, 0.1) is 6.92 Å². The molecule has 0 saturated heterocycles. The Morgan fingerprint density at radius 2 is 1.38 bits per heavy atom. The van der Waals surface area contributed by atoms with E-state index in [9.17, 15) is 8.42 Å². The van der Waals surface area contributed by atoms with Crippen molar-refractivity contribution in [1.29, 1.82) is 0 Å². The highest BCUT2D eigenvalue weighted by atomic mass is 32.2. The minimum Gasteiger partial charge on any atom is -0.334 e. The molecule has 0 aliphatic rings. The molecule has 9 nitrogen and oxygen atoms in total. The lowest BCUT2D eigenvalue weighted by atomic mass is 10.1. The quantitative estimate of drug-likeness (QED) is 0.132. The Bertz CT molecular complexity index is 1560. The highest BCUT2D eigenvalue weighted by Gasteiger charge is 2.41. The van der Waals surface area contributed by atoms with Crippen LogP contribution in [0.3, 0.4) is 0 Å². The summed E-state index contributed by atoms with van der Waals surface area (Å²) >= 11 is 0. The molecule has 45 heavy (non-hydrogen) atoms. The Balaban J connectivity index is 1.78. The van der Waals surface area contributed by atoms with Crippen molar-refractivity contribution >= 4 is 9.84 Å². The Kier molecular flexibility index (Phi) is 12.5. The van der Waals surface area contributed by atoms with Crippen molar-refractivity contribution < 1.29 is 8.42 Å². The summed E-state index contributed by atoms with van der Waals surface area (Å²) in [5, 5.41) is -1.03. The van der Waals surface area contributed by atoms with Gasteiger partial charge in [0.2, 0.25) is 9.84 Å². The number of sulfone groups is 1. The van der Waals surface area contributed by atoms with Crippen molar-refractivity contribution in [3.8, 4) is 0 Å². The number of imidazole rings is 2. The predicted molar refractivity (Wildman–Crippen MR) is 181 cm³/mol. The zero-order chi connectivity index (χ0) is 32.4. The van der Waals surface area contributed by atoms with Gasteiger partial charge in [-0.05, 0) is 82.9 Å². The summed E-state index contributed by atoms with van der Waals surface area (Å²) in [6.07, 6.45) is 11.3. The average Bonchev–Trinajstić information content (AvgIpc) is 3.68. The minimum atomic E-state index is -3.91. The molecule has 4 rings (SSSR count). The summed E-state index contributed by atoms with van der Waals surface area (Å²) in [6, 6.07) is 15.4. The number of benzene rings is 2. The first-order valence-electron chi connectivity index (χ1n) is 16.2. The summed E-state index contributed by atoms with van der Waals surface area (Å²) < 4.78 is 33.6. The van der Waals surface area contributed by atoms with E-state index in [2.05, 4.69) is 66.5 Å². The van der Waals surface area contributed by atoms with E-state index in [1.165, 1.54) is 5.56 Å². The maximum absolute atomic E-state index is 14.8. The first-order valence-corrected chi connectivity index (χ1v) is 17.8. The standard InChI is InChI=1S/C35H51N7O2S/c1-6-21-40-24-19-37-33(40)29(4)42(27-31-14-12-30(13-15-31)26-39(5)23-9-8-18-36)35(34-38-20-25-41(34)22-7-2)45(43,44)32-16-10-28(3)11-17-32/h10-17,19-20,24-25,29,35H,6-9,18,21-23,26-27,36H2,1-5H3. The fraction of sp³-hybridized carbons (Fsp3) is 0.486. The van der Waals surface area contributed by atoms with Crippen LogP contribution in [-0.4, -0.2) is 57.5 Å². The molecule has 0 bridgehead atoms. The predicted octanol–water partition coefficient (Wildman–Crippen LogP) is 6.11. The minimum absolute atomic E-state index is 0.284. The molecule has 2 atom stereocenters. The third-order valence-electron chi connectivity index (χ3n) is 8.30. The molecular formula is C35H51N7O2S. The molecule has 0 amide bonds. The van der Waals surface area contributed by atoms with Gasteiger partial charge in [-0.25, -0.2) is 18.4 Å². The van der Waals surface area contributed by atoms with Gasteiger partial charge in [0.05, 0.1) is 10.9 Å². The second kappa shape index (κ2) is 16.3. The average molecular weight is 634 g/mol. The van der Waals surface area contributed by atoms with Crippen LogP contribution < -0.4 is 5.73 Å². The molecule has 4 aromatic rings. The zero-order valence-electron chi connectivity index (χ0n) is 27.6. The summed E-state index contributed by atoms with van der Waals surface area (Å²) in [5.74, 6) is 1.36. The fourth-order valence-electron chi connectivity index (χ4n) is 5.87. The van der Waals surface area contributed by atoms with Crippen LogP contribution in [0.25, 0.3) is 0 Å². The molecular weight excluding hydrogens is 582 g/mol. The van der Waals surface area contributed by atoms with Gasteiger partial charge in [0, 0.05) is 51.0 Å². The first kappa shape index (κ1) is 34.6. The van der Waals surface area contributed by atoms with Gasteiger partial charge >= 0.3 is 0 Å². The van der Waals surface area contributed by atoms with Crippen molar-refractivity contribution in [2.75, 3.05) is 20.1 Å². The van der Waals surface area contributed by atoms with Crippen LogP contribution in [0.4, 0.5) is 0 Å². The normalized spacial score (nSPS) is 13.5. The van der Waals surface area contributed by atoms with Gasteiger partial charge < -0.3 is 19.8 Å². The lowest BCUT2D eigenvalue weighted by molar-refractivity contribution is 0.161. The Labute approximate surface area is 270 Å². The molecule has 0 fully saturated rings. The fourth-order valence-corrected chi connectivity index (χ4v) is 7.73. The maximum Gasteiger partial charge on any atom is 0.201 e. The SMILES string of the molecule is CCCn1ccnc1C(C)N(Cc1ccc(CN(C)CCCCN)cc1)C(c1nccn1CCC)S(=O)(=O)c1ccc(C)cc1. The number of aryl methyl sites for hydroxylation is 3. The van der Waals surface area contributed by atoms with Crippen molar-refractivity contribution in [2.24, 2.45) is 5.73 Å². The molecule has 0 aliphatic carbocycles. The number of unbranched alkanes of at least 4 members (excludes halogenated alkanes) is 1. The van der Waals surface area contributed by atoms with Gasteiger partial charge in [0.1, 0.15) is 11.6 Å². The molecule has 0 radical (unpaired) electrons. The molecule has 0 aliphatic heterocycles. The molecule has 10 heteroatoms. The summed E-state index contributed by atoms with van der Waals surface area (Å²) in [4.78, 5) is 14.1. The van der Waals surface area contributed by atoms with Gasteiger partial charge in [-0.15, -0.1) is 0 Å². The molecule has 2 aromatic heterocycles. The number of nitrogens with zero attached hydrogens (tertiary/aromatic N) is 6.